The van der Waals surface area contributed by atoms with Gasteiger partial charge in [0, 0.05) is 5.56 Å². The molecule has 0 unspecified atom stereocenters. The van der Waals surface area contributed by atoms with Gasteiger partial charge in [-0.25, -0.2) is 0 Å². The Morgan fingerprint density at radius 3 is 2.45 bits per heavy atom. The standard InChI is InChI=1S/C17H17N3/c18-11-14(12-19)16-15-7-3-2-6-13(15)10-17(20-16)8-4-1-5-9-17/h2-3,6-7,14H,1,4-5,8-10H2. The van der Waals surface area contributed by atoms with Crippen molar-refractivity contribution in [3.05, 3.63) is 35.4 Å². The number of fused-ring (bicyclic) bond motifs is 1. The van der Waals surface area contributed by atoms with Crippen molar-refractivity contribution >= 4 is 5.71 Å². The van der Waals surface area contributed by atoms with Crippen LogP contribution in [0.1, 0.15) is 43.2 Å². The molecule has 0 N–H and O–H groups in total. The van der Waals surface area contributed by atoms with Crippen LogP contribution in [0.4, 0.5) is 0 Å². The molecular formula is C17H17N3. The van der Waals surface area contributed by atoms with Crippen molar-refractivity contribution in [1.82, 2.24) is 0 Å². The van der Waals surface area contributed by atoms with Gasteiger partial charge in [0.2, 0.25) is 0 Å². The van der Waals surface area contributed by atoms with Crippen LogP contribution in [0.2, 0.25) is 0 Å². The molecule has 0 aromatic heterocycles. The third-order valence-corrected chi connectivity index (χ3v) is 4.49. The Morgan fingerprint density at radius 2 is 1.75 bits per heavy atom. The Kier molecular flexibility index (Phi) is 3.28. The molecule has 1 fully saturated rings. The van der Waals surface area contributed by atoms with E-state index in [0.717, 1.165) is 24.8 Å². The van der Waals surface area contributed by atoms with E-state index in [1.165, 1.54) is 24.8 Å². The van der Waals surface area contributed by atoms with Crippen LogP contribution in [0.15, 0.2) is 29.3 Å². The van der Waals surface area contributed by atoms with Gasteiger partial charge in [-0.3, -0.25) is 4.99 Å². The van der Waals surface area contributed by atoms with Gasteiger partial charge in [-0.1, -0.05) is 43.5 Å². The number of rotatable bonds is 1. The fraction of sp³-hybridized carbons (Fsp3) is 0.471. The van der Waals surface area contributed by atoms with E-state index in [1.54, 1.807) is 0 Å². The topological polar surface area (TPSA) is 59.9 Å². The molecule has 1 aliphatic heterocycles. The summed E-state index contributed by atoms with van der Waals surface area (Å²) >= 11 is 0. The Bertz CT molecular complexity index is 610. The number of nitrogens with zero attached hydrogens (tertiary/aromatic N) is 3. The molecule has 0 bridgehead atoms. The van der Waals surface area contributed by atoms with E-state index in [-0.39, 0.29) is 5.54 Å². The first-order chi connectivity index (χ1) is 9.78. The highest BCUT2D eigenvalue weighted by molar-refractivity contribution is 6.07. The number of hydrogen-bond donors (Lipinski definition) is 0. The molecule has 1 spiro atoms. The van der Waals surface area contributed by atoms with Crippen molar-refractivity contribution in [2.75, 3.05) is 0 Å². The Labute approximate surface area is 119 Å². The number of benzene rings is 1. The lowest BCUT2D eigenvalue weighted by atomic mass is 9.74. The van der Waals surface area contributed by atoms with Gasteiger partial charge in [0.05, 0.1) is 23.4 Å². The molecule has 1 saturated carbocycles. The average molecular weight is 263 g/mol. The third kappa shape index (κ3) is 2.10. The molecule has 3 heteroatoms. The zero-order valence-electron chi connectivity index (χ0n) is 11.5. The first-order valence-corrected chi connectivity index (χ1v) is 7.25. The summed E-state index contributed by atoms with van der Waals surface area (Å²) in [7, 11) is 0. The molecule has 1 aromatic rings. The largest absolute Gasteiger partial charge is 0.280 e. The van der Waals surface area contributed by atoms with Crippen LogP contribution in [0.5, 0.6) is 0 Å². The lowest BCUT2D eigenvalue weighted by Gasteiger charge is -2.38. The van der Waals surface area contributed by atoms with Crippen LogP contribution in [0, 0.1) is 28.6 Å². The first kappa shape index (κ1) is 12.9. The highest BCUT2D eigenvalue weighted by Crippen LogP contribution is 2.39. The highest BCUT2D eigenvalue weighted by Gasteiger charge is 2.38. The van der Waals surface area contributed by atoms with E-state index < -0.39 is 5.92 Å². The summed E-state index contributed by atoms with van der Waals surface area (Å²) < 4.78 is 0. The molecule has 3 nitrogen and oxygen atoms in total. The summed E-state index contributed by atoms with van der Waals surface area (Å²) in [5.74, 6) is -0.754. The maximum absolute atomic E-state index is 9.24. The minimum absolute atomic E-state index is 0.0616. The Hall–Kier alpha value is -2.13. The zero-order chi connectivity index (χ0) is 14.0. The third-order valence-electron chi connectivity index (χ3n) is 4.49. The number of nitriles is 2. The van der Waals surface area contributed by atoms with Crippen LogP contribution in [-0.2, 0) is 6.42 Å². The molecule has 100 valence electrons. The van der Waals surface area contributed by atoms with E-state index >= 15 is 0 Å². The van der Waals surface area contributed by atoms with Gasteiger partial charge in [0.25, 0.3) is 0 Å². The minimum Gasteiger partial charge on any atom is -0.280 e. The zero-order valence-corrected chi connectivity index (χ0v) is 11.5. The molecule has 0 atom stereocenters. The van der Waals surface area contributed by atoms with Crippen molar-refractivity contribution in [3.63, 3.8) is 0 Å². The maximum Gasteiger partial charge on any atom is 0.175 e. The molecule has 1 aromatic carbocycles. The molecule has 1 heterocycles. The molecule has 0 amide bonds. The van der Waals surface area contributed by atoms with Crippen molar-refractivity contribution < 1.29 is 0 Å². The molecular weight excluding hydrogens is 246 g/mol. The molecule has 0 radical (unpaired) electrons. The van der Waals surface area contributed by atoms with Gasteiger partial charge < -0.3 is 0 Å². The smallest absolute Gasteiger partial charge is 0.175 e. The van der Waals surface area contributed by atoms with Crippen LogP contribution in [-0.4, -0.2) is 11.3 Å². The first-order valence-electron chi connectivity index (χ1n) is 7.25. The predicted octanol–water partition coefficient (Wildman–Crippen LogP) is 3.40. The summed E-state index contributed by atoms with van der Waals surface area (Å²) in [5.41, 5.74) is 2.87. The van der Waals surface area contributed by atoms with Crippen LogP contribution >= 0.6 is 0 Å². The summed E-state index contributed by atoms with van der Waals surface area (Å²) in [6.45, 7) is 0. The molecule has 3 rings (SSSR count). The van der Waals surface area contributed by atoms with E-state index in [0.29, 0.717) is 5.71 Å². The average Bonchev–Trinajstić information content (AvgIpc) is 2.49. The van der Waals surface area contributed by atoms with E-state index in [4.69, 9.17) is 4.99 Å². The lowest BCUT2D eigenvalue weighted by molar-refractivity contribution is 0.293. The van der Waals surface area contributed by atoms with Gasteiger partial charge in [0.1, 0.15) is 0 Å². The van der Waals surface area contributed by atoms with Gasteiger partial charge >= 0.3 is 0 Å². The van der Waals surface area contributed by atoms with E-state index in [1.807, 2.05) is 18.2 Å². The second-order valence-electron chi connectivity index (χ2n) is 5.81. The van der Waals surface area contributed by atoms with Crippen molar-refractivity contribution in [3.8, 4) is 12.1 Å². The summed E-state index contributed by atoms with van der Waals surface area (Å²) in [6, 6.07) is 12.3. The molecule has 2 aliphatic rings. The van der Waals surface area contributed by atoms with Crippen molar-refractivity contribution in [1.29, 1.82) is 10.5 Å². The van der Waals surface area contributed by atoms with Gasteiger partial charge in [0.15, 0.2) is 5.92 Å². The summed E-state index contributed by atoms with van der Waals surface area (Å²) in [5, 5.41) is 18.5. The summed E-state index contributed by atoms with van der Waals surface area (Å²) in [4.78, 5) is 4.93. The Balaban J connectivity index is 2.11. The van der Waals surface area contributed by atoms with Crippen LogP contribution in [0.25, 0.3) is 0 Å². The van der Waals surface area contributed by atoms with Gasteiger partial charge in [-0.15, -0.1) is 0 Å². The fourth-order valence-electron chi connectivity index (χ4n) is 3.50. The summed E-state index contributed by atoms with van der Waals surface area (Å²) in [6.07, 6.45) is 6.78. The van der Waals surface area contributed by atoms with E-state index in [2.05, 4.69) is 18.2 Å². The minimum atomic E-state index is -0.754. The quantitative estimate of drug-likeness (QED) is 0.779. The van der Waals surface area contributed by atoms with Gasteiger partial charge in [-0.2, -0.15) is 10.5 Å². The normalized spacial score (nSPS) is 19.9. The number of aliphatic imine (C=N–C) groups is 1. The lowest BCUT2D eigenvalue weighted by Crippen LogP contribution is -2.38. The monoisotopic (exact) mass is 263 g/mol. The predicted molar refractivity (Wildman–Crippen MR) is 77.2 cm³/mol. The molecule has 1 aliphatic carbocycles. The van der Waals surface area contributed by atoms with Crippen molar-refractivity contribution in [2.24, 2.45) is 10.9 Å². The second kappa shape index (κ2) is 5.10. The van der Waals surface area contributed by atoms with Crippen LogP contribution < -0.4 is 0 Å². The highest BCUT2D eigenvalue weighted by atomic mass is 14.9. The second-order valence-corrected chi connectivity index (χ2v) is 5.81. The van der Waals surface area contributed by atoms with Gasteiger partial charge in [-0.05, 0) is 24.8 Å². The van der Waals surface area contributed by atoms with Crippen molar-refractivity contribution in [2.45, 2.75) is 44.1 Å². The molecule has 0 saturated heterocycles. The Morgan fingerprint density at radius 1 is 1.05 bits per heavy atom. The fourth-order valence-corrected chi connectivity index (χ4v) is 3.50. The maximum atomic E-state index is 9.24. The number of hydrogen-bond acceptors (Lipinski definition) is 3. The molecule has 20 heavy (non-hydrogen) atoms. The SMILES string of the molecule is N#CC(C#N)C1=NC2(CCCCC2)Cc2ccccc21. The van der Waals surface area contributed by atoms with Crippen LogP contribution in [0.3, 0.4) is 0 Å². The van der Waals surface area contributed by atoms with E-state index in [9.17, 15) is 10.5 Å².